The van der Waals surface area contributed by atoms with Crippen LogP contribution in [0.25, 0.3) is 0 Å². The molecule has 17 heavy (non-hydrogen) atoms. The highest BCUT2D eigenvalue weighted by Crippen LogP contribution is 2.07. The summed E-state index contributed by atoms with van der Waals surface area (Å²) in [5.41, 5.74) is 0. The van der Waals surface area contributed by atoms with Gasteiger partial charge in [0.2, 0.25) is 0 Å². The van der Waals surface area contributed by atoms with Crippen LogP contribution in [-0.4, -0.2) is 74.4 Å². The maximum atomic E-state index is 9.49. The van der Waals surface area contributed by atoms with Crippen molar-refractivity contribution < 1.29 is 30.6 Å². The monoisotopic (exact) mass is 253 g/mol. The van der Waals surface area contributed by atoms with Crippen molar-refractivity contribution in [1.29, 1.82) is 0 Å². The van der Waals surface area contributed by atoms with Gasteiger partial charge >= 0.3 is 0 Å². The molecule has 7 heteroatoms. The number of hydrogen-bond donors (Lipinski definition) is 7. The molecule has 0 aromatic carbocycles. The number of rotatable bonds is 9. The minimum Gasteiger partial charge on any atom is -0.394 e. The molecule has 0 aliphatic rings. The molecule has 5 atom stereocenters. The summed E-state index contributed by atoms with van der Waals surface area (Å²) in [7, 11) is 0. The van der Waals surface area contributed by atoms with Crippen molar-refractivity contribution in [1.82, 2.24) is 5.32 Å². The summed E-state index contributed by atoms with van der Waals surface area (Å²) >= 11 is 0. The first-order chi connectivity index (χ1) is 7.95. The third kappa shape index (κ3) is 5.73. The van der Waals surface area contributed by atoms with Gasteiger partial charge in [-0.25, -0.2) is 0 Å². The van der Waals surface area contributed by atoms with Crippen molar-refractivity contribution in [3.8, 4) is 0 Å². The van der Waals surface area contributed by atoms with E-state index in [1.165, 1.54) is 0 Å². The summed E-state index contributed by atoms with van der Waals surface area (Å²) in [5, 5.41) is 57.9. The van der Waals surface area contributed by atoms with Gasteiger partial charge in [-0.1, -0.05) is 13.3 Å². The standard InChI is InChI=1S/C10H23NO6/c1-2-3-4-11-10(17)9(16)8(15)7(14)6(13)5-12/h6-17H,2-5H2,1H3. The lowest BCUT2D eigenvalue weighted by Gasteiger charge is -2.28. The van der Waals surface area contributed by atoms with E-state index in [0.29, 0.717) is 6.54 Å². The largest absolute Gasteiger partial charge is 0.394 e. The average Bonchev–Trinajstić information content (AvgIpc) is 2.35. The second kappa shape index (κ2) is 8.76. The number of aliphatic hydroxyl groups excluding tert-OH is 6. The predicted octanol–water partition coefficient (Wildman–Crippen LogP) is -2.87. The Hall–Kier alpha value is -0.280. The lowest BCUT2D eigenvalue weighted by molar-refractivity contribution is -0.145. The third-order valence-electron chi connectivity index (χ3n) is 2.49. The van der Waals surface area contributed by atoms with Crippen LogP contribution in [0.1, 0.15) is 19.8 Å². The van der Waals surface area contributed by atoms with Crippen LogP contribution in [0.15, 0.2) is 0 Å². The maximum Gasteiger partial charge on any atom is 0.133 e. The minimum atomic E-state index is -1.75. The quantitative estimate of drug-likeness (QED) is 0.173. The van der Waals surface area contributed by atoms with E-state index in [9.17, 15) is 20.4 Å². The maximum absolute atomic E-state index is 9.49. The molecule has 104 valence electrons. The second-order valence-electron chi connectivity index (χ2n) is 3.97. The number of aliphatic hydroxyl groups is 6. The molecule has 0 spiro atoms. The highest BCUT2D eigenvalue weighted by atomic mass is 16.4. The van der Waals surface area contributed by atoms with Crippen LogP contribution in [0.3, 0.4) is 0 Å². The van der Waals surface area contributed by atoms with Crippen molar-refractivity contribution in [3.05, 3.63) is 0 Å². The van der Waals surface area contributed by atoms with E-state index in [-0.39, 0.29) is 0 Å². The van der Waals surface area contributed by atoms with Crippen molar-refractivity contribution in [3.63, 3.8) is 0 Å². The van der Waals surface area contributed by atoms with Crippen LogP contribution >= 0.6 is 0 Å². The molecule has 0 aliphatic heterocycles. The van der Waals surface area contributed by atoms with E-state index in [4.69, 9.17) is 10.2 Å². The molecular formula is C10H23NO6. The highest BCUT2D eigenvalue weighted by Gasteiger charge is 2.33. The van der Waals surface area contributed by atoms with Gasteiger partial charge in [0, 0.05) is 0 Å². The fraction of sp³-hybridized carbons (Fsp3) is 1.00. The van der Waals surface area contributed by atoms with Gasteiger partial charge in [-0.3, -0.25) is 5.32 Å². The molecule has 0 amide bonds. The third-order valence-corrected chi connectivity index (χ3v) is 2.49. The van der Waals surface area contributed by atoms with Gasteiger partial charge in [-0.2, -0.15) is 0 Å². The minimum absolute atomic E-state index is 0.458. The molecule has 0 saturated heterocycles. The van der Waals surface area contributed by atoms with Crippen LogP contribution < -0.4 is 5.32 Å². The summed E-state index contributed by atoms with van der Waals surface area (Å²) in [5.74, 6) is 0. The number of unbranched alkanes of at least 4 members (excludes halogenated alkanes) is 1. The smallest absolute Gasteiger partial charge is 0.133 e. The van der Waals surface area contributed by atoms with Crippen LogP contribution in [0.2, 0.25) is 0 Å². The van der Waals surface area contributed by atoms with E-state index >= 15 is 0 Å². The average molecular weight is 253 g/mol. The summed E-state index contributed by atoms with van der Waals surface area (Å²) in [6.07, 6.45) is -6.40. The fourth-order valence-electron chi connectivity index (χ4n) is 1.27. The Morgan fingerprint density at radius 3 is 2.00 bits per heavy atom. The van der Waals surface area contributed by atoms with Gasteiger partial charge in [0.25, 0.3) is 0 Å². The van der Waals surface area contributed by atoms with Crippen LogP contribution in [0.5, 0.6) is 0 Å². The zero-order chi connectivity index (χ0) is 13.4. The summed E-state index contributed by atoms with van der Waals surface area (Å²) < 4.78 is 0. The van der Waals surface area contributed by atoms with Crippen LogP contribution in [-0.2, 0) is 0 Å². The number of nitrogens with one attached hydrogen (secondary N) is 1. The first-order valence-corrected chi connectivity index (χ1v) is 5.70. The van der Waals surface area contributed by atoms with Gasteiger partial charge in [-0.05, 0) is 13.0 Å². The van der Waals surface area contributed by atoms with Crippen molar-refractivity contribution in [2.45, 2.75) is 50.4 Å². The molecule has 0 radical (unpaired) electrons. The Balaban J connectivity index is 4.13. The normalized spacial score (nSPS) is 20.6. The summed E-state index contributed by atoms with van der Waals surface area (Å²) in [4.78, 5) is 0. The highest BCUT2D eigenvalue weighted by molar-refractivity contribution is 4.83. The van der Waals surface area contributed by atoms with Crippen molar-refractivity contribution in [2.24, 2.45) is 0 Å². The summed E-state index contributed by atoms with van der Waals surface area (Å²) in [6.45, 7) is 1.67. The Labute approximate surface area is 100 Å². The Kier molecular flexibility index (Phi) is 8.61. The molecule has 0 bridgehead atoms. The summed E-state index contributed by atoms with van der Waals surface area (Å²) in [6, 6.07) is 0. The van der Waals surface area contributed by atoms with Gasteiger partial charge in [0.05, 0.1) is 6.61 Å². The molecule has 0 aliphatic carbocycles. The van der Waals surface area contributed by atoms with E-state index < -0.39 is 37.3 Å². The van der Waals surface area contributed by atoms with Gasteiger partial charge in [0.1, 0.15) is 30.6 Å². The second-order valence-corrected chi connectivity index (χ2v) is 3.97. The lowest BCUT2D eigenvalue weighted by Crippen LogP contribution is -2.53. The molecular weight excluding hydrogens is 230 g/mol. The molecule has 7 N–H and O–H groups in total. The molecule has 5 unspecified atom stereocenters. The van der Waals surface area contributed by atoms with Gasteiger partial charge < -0.3 is 30.6 Å². The molecule has 7 nitrogen and oxygen atoms in total. The predicted molar refractivity (Wildman–Crippen MR) is 60.0 cm³/mol. The topological polar surface area (TPSA) is 133 Å². The van der Waals surface area contributed by atoms with E-state index in [2.05, 4.69) is 5.32 Å². The molecule has 0 rings (SSSR count). The first kappa shape index (κ1) is 16.7. The molecule has 0 aromatic rings. The Morgan fingerprint density at radius 1 is 0.941 bits per heavy atom. The van der Waals surface area contributed by atoms with Crippen molar-refractivity contribution in [2.75, 3.05) is 13.2 Å². The van der Waals surface area contributed by atoms with Gasteiger partial charge in [-0.15, -0.1) is 0 Å². The zero-order valence-electron chi connectivity index (χ0n) is 9.90. The van der Waals surface area contributed by atoms with Crippen molar-refractivity contribution >= 4 is 0 Å². The fourth-order valence-corrected chi connectivity index (χ4v) is 1.27. The zero-order valence-corrected chi connectivity index (χ0v) is 9.90. The Morgan fingerprint density at radius 2 is 1.53 bits per heavy atom. The molecule has 0 saturated carbocycles. The van der Waals surface area contributed by atoms with Gasteiger partial charge in [0.15, 0.2) is 0 Å². The molecule has 0 aromatic heterocycles. The van der Waals surface area contributed by atoms with E-state index in [1.54, 1.807) is 0 Å². The van der Waals surface area contributed by atoms with E-state index in [1.807, 2.05) is 6.92 Å². The first-order valence-electron chi connectivity index (χ1n) is 5.70. The lowest BCUT2D eigenvalue weighted by atomic mass is 10.0. The van der Waals surface area contributed by atoms with E-state index in [0.717, 1.165) is 12.8 Å². The SMILES string of the molecule is CCCCNC(O)C(O)C(O)C(O)C(O)CO. The molecule has 0 fully saturated rings. The molecule has 0 heterocycles. The number of hydrogen-bond acceptors (Lipinski definition) is 7. The van der Waals surface area contributed by atoms with Crippen LogP contribution in [0.4, 0.5) is 0 Å². The van der Waals surface area contributed by atoms with Crippen LogP contribution in [0, 0.1) is 0 Å². The Bertz CT molecular complexity index is 194.